The number of primary amides is 1. The highest BCUT2D eigenvalue weighted by atomic mass is 16.7. The number of hydrogen-bond acceptors (Lipinski definition) is 6. The van der Waals surface area contributed by atoms with Gasteiger partial charge in [-0.2, -0.15) is 0 Å². The number of carbonyl (C=O) groups is 1. The molecule has 0 aromatic heterocycles. The third-order valence-corrected chi connectivity index (χ3v) is 4.44. The second-order valence-corrected chi connectivity index (χ2v) is 6.00. The molecule has 0 saturated heterocycles. The Labute approximate surface area is 146 Å². The van der Waals surface area contributed by atoms with Crippen LogP contribution in [0.5, 0.6) is 11.5 Å². The molecule has 1 aromatic rings. The quantitative estimate of drug-likeness (QED) is 0.776. The Kier molecular flexibility index (Phi) is 5.45. The van der Waals surface area contributed by atoms with E-state index in [1.54, 1.807) is 6.08 Å². The number of rotatable bonds is 7. The Balaban J connectivity index is 1.97. The molecule has 3 N–H and O–H groups in total. The molecule has 1 aromatic carbocycles. The van der Waals surface area contributed by atoms with Crippen LogP contribution < -0.4 is 15.2 Å². The van der Waals surface area contributed by atoms with Crippen molar-refractivity contribution in [1.82, 2.24) is 0 Å². The predicted molar refractivity (Wildman–Crippen MR) is 88.9 cm³/mol. The molecule has 25 heavy (non-hydrogen) atoms. The SMILES string of the molecule is CCO[C@H]1OC(C(N)=O)=C[C@@H](c2ccc3c(c2)OCO3)[C@@H]1CCCO. The summed E-state index contributed by atoms with van der Waals surface area (Å²) in [5.74, 6) is 0.636. The molecular weight excluding hydrogens is 326 g/mol. The van der Waals surface area contributed by atoms with Gasteiger partial charge in [0, 0.05) is 25.0 Å². The van der Waals surface area contributed by atoms with Crippen LogP contribution in [0.2, 0.25) is 0 Å². The summed E-state index contributed by atoms with van der Waals surface area (Å²) < 4.78 is 22.2. The first kappa shape index (κ1) is 17.6. The molecule has 7 nitrogen and oxygen atoms in total. The smallest absolute Gasteiger partial charge is 0.283 e. The van der Waals surface area contributed by atoms with Crippen LogP contribution in [0.3, 0.4) is 0 Å². The number of hydrogen-bond donors (Lipinski definition) is 2. The molecule has 2 aliphatic heterocycles. The first-order valence-corrected chi connectivity index (χ1v) is 8.44. The number of aliphatic hydroxyl groups excluding tert-OH is 1. The first-order valence-electron chi connectivity index (χ1n) is 8.44. The van der Waals surface area contributed by atoms with E-state index in [4.69, 9.17) is 24.7 Å². The zero-order valence-corrected chi connectivity index (χ0v) is 14.1. The minimum Gasteiger partial charge on any atom is -0.459 e. The van der Waals surface area contributed by atoms with Crippen molar-refractivity contribution in [3.63, 3.8) is 0 Å². The van der Waals surface area contributed by atoms with Crippen molar-refractivity contribution in [2.75, 3.05) is 20.0 Å². The van der Waals surface area contributed by atoms with Crippen LogP contribution in [-0.4, -0.2) is 37.3 Å². The maximum absolute atomic E-state index is 11.7. The summed E-state index contributed by atoms with van der Waals surface area (Å²) >= 11 is 0. The fourth-order valence-corrected chi connectivity index (χ4v) is 3.28. The van der Waals surface area contributed by atoms with Crippen LogP contribution in [0.1, 0.15) is 31.2 Å². The molecule has 0 unspecified atom stereocenters. The molecule has 0 fully saturated rings. The van der Waals surface area contributed by atoms with Crippen LogP contribution in [0, 0.1) is 5.92 Å². The zero-order chi connectivity index (χ0) is 17.8. The molecule has 2 heterocycles. The molecule has 0 radical (unpaired) electrons. The van der Waals surface area contributed by atoms with Gasteiger partial charge in [-0.05, 0) is 43.5 Å². The van der Waals surface area contributed by atoms with Crippen LogP contribution in [0.15, 0.2) is 30.0 Å². The molecule has 7 heteroatoms. The Hall–Kier alpha value is -2.25. The summed E-state index contributed by atoms with van der Waals surface area (Å²) in [6, 6.07) is 5.69. The highest BCUT2D eigenvalue weighted by Crippen LogP contribution is 2.42. The lowest BCUT2D eigenvalue weighted by Crippen LogP contribution is -2.37. The van der Waals surface area contributed by atoms with Crippen LogP contribution >= 0.6 is 0 Å². The van der Waals surface area contributed by atoms with E-state index in [-0.39, 0.29) is 31.0 Å². The monoisotopic (exact) mass is 349 g/mol. The van der Waals surface area contributed by atoms with E-state index in [0.29, 0.717) is 30.9 Å². The number of ether oxygens (including phenoxy) is 4. The lowest BCUT2D eigenvalue weighted by molar-refractivity contribution is -0.165. The zero-order valence-electron chi connectivity index (χ0n) is 14.1. The van der Waals surface area contributed by atoms with Gasteiger partial charge in [0.05, 0.1) is 0 Å². The van der Waals surface area contributed by atoms with Crippen molar-refractivity contribution in [3.8, 4) is 11.5 Å². The number of allylic oxidation sites excluding steroid dienone is 1. The number of amides is 1. The van der Waals surface area contributed by atoms with E-state index in [1.165, 1.54) is 0 Å². The summed E-state index contributed by atoms with van der Waals surface area (Å²) in [5, 5.41) is 9.23. The summed E-state index contributed by atoms with van der Waals surface area (Å²) in [7, 11) is 0. The van der Waals surface area contributed by atoms with E-state index in [0.717, 1.165) is 5.56 Å². The Morgan fingerprint density at radius 3 is 2.88 bits per heavy atom. The summed E-state index contributed by atoms with van der Waals surface area (Å²) in [6.45, 7) is 2.59. The fraction of sp³-hybridized carbons (Fsp3) is 0.500. The normalized spacial score (nSPS) is 24.6. The van der Waals surface area contributed by atoms with Gasteiger partial charge in [0.15, 0.2) is 17.3 Å². The van der Waals surface area contributed by atoms with Gasteiger partial charge in [0.1, 0.15) is 0 Å². The second kappa shape index (κ2) is 7.76. The standard InChI is InChI=1S/C18H23NO6/c1-2-22-18-12(4-3-7-20)13(9-16(25-18)17(19)21)11-5-6-14-15(8-11)24-10-23-14/h5-6,8-9,12-13,18,20H,2-4,7,10H2,1H3,(H2,19,21)/t12-,13-,18-/m0/s1. The Morgan fingerprint density at radius 2 is 2.16 bits per heavy atom. The van der Waals surface area contributed by atoms with Crippen molar-refractivity contribution < 1.29 is 28.8 Å². The van der Waals surface area contributed by atoms with Crippen molar-refractivity contribution in [2.45, 2.75) is 32.0 Å². The summed E-state index contributed by atoms with van der Waals surface area (Å²) in [5.41, 5.74) is 6.39. The van der Waals surface area contributed by atoms with Gasteiger partial charge in [0.25, 0.3) is 5.91 Å². The highest BCUT2D eigenvalue weighted by Gasteiger charge is 2.37. The van der Waals surface area contributed by atoms with Crippen LogP contribution in [0.4, 0.5) is 0 Å². The van der Waals surface area contributed by atoms with Gasteiger partial charge in [-0.1, -0.05) is 6.07 Å². The number of nitrogens with two attached hydrogens (primary N) is 1. The van der Waals surface area contributed by atoms with E-state index in [9.17, 15) is 9.90 Å². The van der Waals surface area contributed by atoms with Crippen molar-refractivity contribution >= 4 is 5.91 Å². The van der Waals surface area contributed by atoms with E-state index in [1.807, 2.05) is 25.1 Å². The number of carbonyl (C=O) groups excluding carboxylic acids is 1. The predicted octanol–water partition coefficient (Wildman–Crippen LogP) is 1.65. The Bertz CT molecular complexity index is 659. The van der Waals surface area contributed by atoms with Crippen LogP contribution in [-0.2, 0) is 14.3 Å². The highest BCUT2D eigenvalue weighted by molar-refractivity contribution is 5.90. The minimum absolute atomic E-state index is 0.0597. The minimum atomic E-state index is -0.629. The van der Waals surface area contributed by atoms with Gasteiger partial charge < -0.3 is 29.8 Å². The molecule has 136 valence electrons. The molecule has 2 aliphatic rings. The van der Waals surface area contributed by atoms with Crippen molar-refractivity contribution in [2.24, 2.45) is 11.7 Å². The van der Waals surface area contributed by atoms with Crippen molar-refractivity contribution in [3.05, 3.63) is 35.6 Å². The lowest BCUT2D eigenvalue weighted by Gasteiger charge is -2.36. The first-order chi connectivity index (χ1) is 12.1. The Morgan fingerprint density at radius 1 is 1.36 bits per heavy atom. The number of aliphatic hydroxyl groups is 1. The van der Waals surface area contributed by atoms with Gasteiger partial charge in [-0.3, -0.25) is 4.79 Å². The topological polar surface area (TPSA) is 100 Å². The number of fused-ring (bicyclic) bond motifs is 1. The number of benzene rings is 1. The van der Waals surface area contributed by atoms with E-state index < -0.39 is 12.2 Å². The average molecular weight is 349 g/mol. The fourth-order valence-electron chi connectivity index (χ4n) is 3.28. The largest absolute Gasteiger partial charge is 0.459 e. The molecule has 0 saturated carbocycles. The third kappa shape index (κ3) is 3.72. The van der Waals surface area contributed by atoms with Gasteiger partial charge in [-0.15, -0.1) is 0 Å². The second-order valence-electron chi connectivity index (χ2n) is 6.00. The van der Waals surface area contributed by atoms with Crippen molar-refractivity contribution in [1.29, 1.82) is 0 Å². The molecular formula is C18H23NO6. The molecule has 0 spiro atoms. The molecule has 0 bridgehead atoms. The lowest BCUT2D eigenvalue weighted by atomic mass is 9.80. The molecule has 3 rings (SSSR count). The van der Waals surface area contributed by atoms with Gasteiger partial charge in [-0.25, -0.2) is 0 Å². The maximum atomic E-state index is 11.7. The van der Waals surface area contributed by atoms with Gasteiger partial charge >= 0.3 is 0 Å². The molecule has 3 atom stereocenters. The molecule has 0 aliphatic carbocycles. The summed E-state index contributed by atoms with van der Waals surface area (Å²) in [4.78, 5) is 11.7. The van der Waals surface area contributed by atoms with E-state index >= 15 is 0 Å². The summed E-state index contributed by atoms with van der Waals surface area (Å²) in [6.07, 6.45) is 2.43. The average Bonchev–Trinajstić information content (AvgIpc) is 3.07. The molecule has 1 amide bonds. The van der Waals surface area contributed by atoms with Gasteiger partial charge in [0.2, 0.25) is 13.1 Å². The third-order valence-electron chi connectivity index (χ3n) is 4.44. The van der Waals surface area contributed by atoms with Crippen LogP contribution in [0.25, 0.3) is 0 Å². The van der Waals surface area contributed by atoms with E-state index in [2.05, 4.69) is 0 Å². The maximum Gasteiger partial charge on any atom is 0.283 e.